The Balaban J connectivity index is 1.37. The van der Waals surface area contributed by atoms with Gasteiger partial charge in [0.15, 0.2) is 11.5 Å². The molecular weight excluding hydrogens is 298 g/mol. The van der Waals surface area contributed by atoms with Gasteiger partial charge < -0.3 is 19.5 Å². The predicted octanol–water partition coefficient (Wildman–Crippen LogP) is 1.65. The molecule has 118 valence electrons. The topological polar surface area (TPSA) is 82.8 Å². The van der Waals surface area contributed by atoms with Crippen molar-refractivity contribution in [3.63, 3.8) is 0 Å². The van der Waals surface area contributed by atoms with Crippen LogP contribution in [0.1, 0.15) is 5.69 Å². The van der Waals surface area contributed by atoms with Crippen LogP contribution in [0, 0.1) is 6.92 Å². The lowest BCUT2D eigenvalue weighted by Crippen LogP contribution is -2.14. The van der Waals surface area contributed by atoms with Gasteiger partial charge in [0, 0.05) is 17.8 Å². The molecule has 0 atom stereocenters. The third-order valence-electron chi connectivity index (χ3n) is 3.40. The van der Waals surface area contributed by atoms with Gasteiger partial charge in [0.05, 0.1) is 6.54 Å². The Labute approximate surface area is 132 Å². The third-order valence-corrected chi connectivity index (χ3v) is 3.40. The SMILES string of the molecule is Cc1cc(NCCOc2ccc3c(c2)OCO3)n2ncnc2n1. The van der Waals surface area contributed by atoms with Crippen LogP contribution in [-0.2, 0) is 0 Å². The molecular formula is C15H15N5O3. The lowest BCUT2D eigenvalue weighted by molar-refractivity contribution is 0.174. The summed E-state index contributed by atoms with van der Waals surface area (Å²) < 4.78 is 18.0. The van der Waals surface area contributed by atoms with E-state index in [4.69, 9.17) is 14.2 Å². The zero-order valence-electron chi connectivity index (χ0n) is 12.5. The quantitative estimate of drug-likeness (QED) is 0.717. The molecule has 0 spiro atoms. The average Bonchev–Trinajstić information content (AvgIpc) is 3.19. The summed E-state index contributed by atoms with van der Waals surface area (Å²) in [7, 11) is 0. The molecule has 0 bridgehead atoms. The number of fused-ring (bicyclic) bond motifs is 2. The summed E-state index contributed by atoms with van der Waals surface area (Å²) in [6, 6.07) is 7.45. The molecule has 2 aromatic heterocycles. The number of nitrogens with one attached hydrogen (secondary N) is 1. The summed E-state index contributed by atoms with van der Waals surface area (Å²) in [5.74, 6) is 3.61. The van der Waals surface area contributed by atoms with E-state index >= 15 is 0 Å². The summed E-state index contributed by atoms with van der Waals surface area (Å²) >= 11 is 0. The van der Waals surface area contributed by atoms with Crippen LogP contribution < -0.4 is 19.5 Å². The van der Waals surface area contributed by atoms with E-state index in [1.165, 1.54) is 6.33 Å². The van der Waals surface area contributed by atoms with Crippen LogP contribution in [0.25, 0.3) is 5.78 Å². The zero-order chi connectivity index (χ0) is 15.6. The van der Waals surface area contributed by atoms with Gasteiger partial charge in [-0.2, -0.15) is 14.6 Å². The van der Waals surface area contributed by atoms with E-state index in [0.717, 1.165) is 23.0 Å². The van der Waals surface area contributed by atoms with Crippen LogP contribution in [0.4, 0.5) is 5.82 Å². The largest absolute Gasteiger partial charge is 0.492 e. The van der Waals surface area contributed by atoms with Crippen LogP contribution in [0.15, 0.2) is 30.6 Å². The number of aryl methyl sites for hydroxylation is 1. The Morgan fingerprint density at radius 2 is 2.17 bits per heavy atom. The minimum absolute atomic E-state index is 0.260. The molecule has 1 aromatic carbocycles. The maximum absolute atomic E-state index is 5.72. The third kappa shape index (κ3) is 2.70. The van der Waals surface area contributed by atoms with Crippen molar-refractivity contribution in [3.05, 3.63) is 36.3 Å². The number of hydrogen-bond acceptors (Lipinski definition) is 7. The van der Waals surface area contributed by atoms with Gasteiger partial charge in [0.25, 0.3) is 5.78 Å². The van der Waals surface area contributed by atoms with Crippen LogP contribution in [-0.4, -0.2) is 39.5 Å². The number of rotatable bonds is 5. The molecule has 0 unspecified atom stereocenters. The Morgan fingerprint density at radius 1 is 1.26 bits per heavy atom. The number of nitrogens with zero attached hydrogens (tertiary/aromatic N) is 4. The first-order valence-electron chi connectivity index (χ1n) is 7.23. The van der Waals surface area contributed by atoms with Crippen LogP contribution in [0.5, 0.6) is 17.2 Å². The van der Waals surface area contributed by atoms with Gasteiger partial charge in [-0.05, 0) is 19.1 Å². The van der Waals surface area contributed by atoms with Gasteiger partial charge in [-0.3, -0.25) is 0 Å². The summed E-state index contributed by atoms with van der Waals surface area (Å²) in [5, 5.41) is 7.42. The molecule has 4 rings (SSSR count). The van der Waals surface area contributed by atoms with Crippen molar-refractivity contribution in [2.45, 2.75) is 6.92 Å². The Kier molecular flexibility index (Phi) is 3.34. The molecule has 23 heavy (non-hydrogen) atoms. The fourth-order valence-electron chi connectivity index (χ4n) is 2.37. The second-order valence-electron chi connectivity index (χ2n) is 5.04. The van der Waals surface area contributed by atoms with Crippen LogP contribution in [0.3, 0.4) is 0 Å². The highest BCUT2D eigenvalue weighted by atomic mass is 16.7. The van der Waals surface area contributed by atoms with E-state index in [0.29, 0.717) is 24.7 Å². The van der Waals surface area contributed by atoms with Crippen molar-refractivity contribution >= 4 is 11.6 Å². The van der Waals surface area contributed by atoms with Gasteiger partial charge in [0.1, 0.15) is 24.5 Å². The molecule has 0 amide bonds. The fraction of sp³-hybridized carbons (Fsp3) is 0.267. The van der Waals surface area contributed by atoms with E-state index in [9.17, 15) is 0 Å². The van der Waals surface area contributed by atoms with Crippen molar-refractivity contribution in [2.24, 2.45) is 0 Å². The van der Waals surface area contributed by atoms with E-state index in [1.54, 1.807) is 4.52 Å². The van der Waals surface area contributed by atoms with Crippen LogP contribution in [0.2, 0.25) is 0 Å². The normalized spacial score (nSPS) is 12.6. The Morgan fingerprint density at radius 3 is 3.13 bits per heavy atom. The summed E-state index contributed by atoms with van der Waals surface area (Å²) in [6.07, 6.45) is 1.48. The van der Waals surface area contributed by atoms with Crippen molar-refractivity contribution in [1.82, 2.24) is 19.6 Å². The minimum atomic E-state index is 0.260. The Hall–Kier alpha value is -3.03. The zero-order valence-corrected chi connectivity index (χ0v) is 12.5. The molecule has 0 aliphatic carbocycles. The Bertz CT molecular complexity index is 848. The summed E-state index contributed by atoms with van der Waals surface area (Å²) in [4.78, 5) is 8.39. The maximum Gasteiger partial charge on any atom is 0.254 e. The number of anilines is 1. The number of benzene rings is 1. The first kappa shape index (κ1) is 13.6. The minimum Gasteiger partial charge on any atom is -0.492 e. The highest BCUT2D eigenvalue weighted by molar-refractivity contribution is 5.47. The van der Waals surface area contributed by atoms with E-state index in [-0.39, 0.29) is 6.79 Å². The van der Waals surface area contributed by atoms with Crippen molar-refractivity contribution in [1.29, 1.82) is 0 Å². The fourth-order valence-corrected chi connectivity index (χ4v) is 2.37. The molecule has 0 fully saturated rings. The lowest BCUT2D eigenvalue weighted by Gasteiger charge is -2.10. The highest BCUT2D eigenvalue weighted by Gasteiger charge is 2.13. The standard InChI is InChI=1S/C15H15N5O3/c1-10-6-14(20-15(19-10)17-8-18-20)16-4-5-21-11-2-3-12-13(7-11)23-9-22-12/h2-3,6-8,16H,4-5,9H2,1H3. The average molecular weight is 313 g/mol. The highest BCUT2D eigenvalue weighted by Crippen LogP contribution is 2.34. The first-order chi connectivity index (χ1) is 11.3. The molecule has 3 heterocycles. The van der Waals surface area contributed by atoms with Gasteiger partial charge in [-0.15, -0.1) is 0 Å². The molecule has 0 saturated carbocycles. The van der Waals surface area contributed by atoms with E-state index < -0.39 is 0 Å². The molecule has 8 heteroatoms. The molecule has 1 aliphatic heterocycles. The maximum atomic E-state index is 5.72. The predicted molar refractivity (Wildman–Crippen MR) is 82.1 cm³/mol. The molecule has 0 radical (unpaired) electrons. The molecule has 1 N–H and O–H groups in total. The van der Waals surface area contributed by atoms with Gasteiger partial charge in [0.2, 0.25) is 6.79 Å². The second kappa shape index (κ2) is 5.64. The number of aromatic nitrogens is 4. The van der Waals surface area contributed by atoms with E-state index in [2.05, 4.69) is 20.4 Å². The lowest BCUT2D eigenvalue weighted by atomic mass is 10.3. The number of hydrogen-bond donors (Lipinski definition) is 1. The van der Waals surface area contributed by atoms with Gasteiger partial charge in [-0.1, -0.05) is 0 Å². The second-order valence-corrected chi connectivity index (χ2v) is 5.04. The van der Waals surface area contributed by atoms with Crippen molar-refractivity contribution in [3.8, 4) is 17.2 Å². The van der Waals surface area contributed by atoms with E-state index in [1.807, 2.05) is 31.2 Å². The molecule has 0 saturated heterocycles. The van der Waals surface area contributed by atoms with Gasteiger partial charge >= 0.3 is 0 Å². The van der Waals surface area contributed by atoms with Crippen molar-refractivity contribution in [2.75, 3.05) is 25.3 Å². The van der Waals surface area contributed by atoms with Gasteiger partial charge in [-0.25, -0.2) is 4.98 Å². The van der Waals surface area contributed by atoms with Crippen molar-refractivity contribution < 1.29 is 14.2 Å². The molecule has 8 nitrogen and oxygen atoms in total. The smallest absolute Gasteiger partial charge is 0.254 e. The monoisotopic (exact) mass is 313 g/mol. The van der Waals surface area contributed by atoms with Crippen LogP contribution >= 0.6 is 0 Å². The molecule has 3 aromatic rings. The summed E-state index contributed by atoms with van der Waals surface area (Å²) in [5.41, 5.74) is 0.879. The number of ether oxygens (including phenoxy) is 3. The molecule has 1 aliphatic rings. The first-order valence-corrected chi connectivity index (χ1v) is 7.23. The summed E-state index contributed by atoms with van der Waals surface area (Å²) in [6.45, 7) is 3.29.